The van der Waals surface area contributed by atoms with E-state index in [0.717, 1.165) is 50.2 Å². The van der Waals surface area contributed by atoms with Gasteiger partial charge < -0.3 is 14.6 Å². The highest BCUT2D eigenvalue weighted by molar-refractivity contribution is 5.37. The van der Waals surface area contributed by atoms with Gasteiger partial charge in [-0.3, -0.25) is 4.90 Å². The molecule has 2 heterocycles. The third-order valence-corrected chi connectivity index (χ3v) is 4.21. The number of piperidine rings is 1. The zero-order valence-electron chi connectivity index (χ0n) is 12.1. The van der Waals surface area contributed by atoms with Crippen LogP contribution in [-0.2, 0) is 11.2 Å². The molecule has 0 amide bonds. The van der Waals surface area contributed by atoms with Gasteiger partial charge in [0.05, 0.1) is 19.3 Å². The Morgan fingerprint density at radius 2 is 2.14 bits per heavy atom. The average Bonchev–Trinajstić information content (AvgIpc) is 2.88. The third kappa shape index (κ3) is 3.73. The highest BCUT2D eigenvalue weighted by atomic mass is 19.1. The molecule has 0 spiro atoms. The summed E-state index contributed by atoms with van der Waals surface area (Å²) in [5, 5.41) is 8.77. The molecule has 1 unspecified atom stereocenters. The van der Waals surface area contributed by atoms with E-state index in [-0.39, 0.29) is 24.6 Å². The Hall–Kier alpha value is -1.17. The molecule has 1 aromatic rings. The summed E-state index contributed by atoms with van der Waals surface area (Å²) >= 11 is 0. The monoisotopic (exact) mass is 295 g/mol. The number of hydrogen-bond donors (Lipinski definition) is 1. The summed E-state index contributed by atoms with van der Waals surface area (Å²) in [6, 6.07) is 4.75. The fourth-order valence-corrected chi connectivity index (χ4v) is 3.16. The highest BCUT2D eigenvalue weighted by Gasteiger charge is 2.27. The molecular weight excluding hydrogens is 273 g/mol. The lowest BCUT2D eigenvalue weighted by atomic mass is 10.1. The molecule has 5 heteroatoms. The summed E-state index contributed by atoms with van der Waals surface area (Å²) in [5.41, 5.74) is 0.973. The van der Waals surface area contributed by atoms with Gasteiger partial charge in [0.2, 0.25) is 0 Å². The predicted molar refractivity (Wildman–Crippen MR) is 77.0 cm³/mol. The molecule has 2 aliphatic heterocycles. The van der Waals surface area contributed by atoms with E-state index in [9.17, 15) is 4.39 Å². The maximum absolute atomic E-state index is 13.2. The van der Waals surface area contributed by atoms with Gasteiger partial charge in [-0.25, -0.2) is 4.39 Å². The molecule has 0 aromatic heterocycles. The Labute approximate surface area is 124 Å². The van der Waals surface area contributed by atoms with Crippen molar-refractivity contribution in [3.05, 3.63) is 29.6 Å². The first kappa shape index (κ1) is 14.8. The van der Waals surface area contributed by atoms with Crippen molar-refractivity contribution in [3.8, 4) is 5.75 Å². The number of hydrogen-bond acceptors (Lipinski definition) is 4. The van der Waals surface area contributed by atoms with E-state index < -0.39 is 0 Å². The summed E-state index contributed by atoms with van der Waals surface area (Å²) in [6.45, 7) is 3.37. The maximum atomic E-state index is 13.2. The van der Waals surface area contributed by atoms with E-state index in [4.69, 9.17) is 14.6 Å². The average molecular weight is 295 g/mol. The summed E-state index contributed by atoms with van der Waals surface area (Å²) in [7, 11) is 0. The molecule has 0 saturated carbocycles. The van der Waals surface area contributed by atoms with Gasteiger partial charge in [0.15, 0.2) is 0 Å². The SMILES string of the molecule is OCCOC1CCN(CC2Cc3cc(F)ccc3O2)CC1. The summed E-state index contributed by atoms with van der Waals surface area (Å²) in [6.07, 6.45) is 3.16. The first-order valence-corrected chi connectivity index (χ1v) is 7.64. The molecule has 3 rings (SSSR count). The second-order valence-corrected chi connectivity index (χ2v) is 5.79. The number of benzene rings is 1. The van der Waals surface area contributed by atoms with Crippen molar-refractivity contribution in [2.45, 2.75) is 31.5 Å². The van der Waals surface area contributed by atoms with Gasteiger partial charge in [-0.05, 0) is 31.0 Å². The number of fused-ring (bicyclic) bond motifs is 1. The van der Waals surface area contributed by atoms with Crippen molar-refractivity contribution in [3.63, 3.8) is 0 Å². The second kappa shape index (κ2) is 6.73. The molecule has 21 heavy (non-hydrogen) atoms. The van der Waals surface area contributed by atoms with Gasteiger partial charge in [-0.1, -0.05) is 0 Å². The Morgan fingerprint density at radius 1 is 1.33 bits per heavy atom. The predicted octanol–water partition coefficient (Wildman–Crippen LogP) is 1.60. The van der Waals surface area contributed by atoms with Gasteiger partial charge >= 0.3 is 0 Å². The quantitative estimate of drug-likeness (QED) is 0.896. The van der Waals surface area contributed by atoms with Crippen LogP contribution < -0.4 is 4.74 Å². The first-order valence-electron chi connectivity index (χ1n) is 7.64. The molecule has 0 bridgehead atoms. The highest BCUT2D eigenvalue weighted by Crippen LogP contribution is 2.30. The van der Waals surface area contributed by atoms with Crippen LogP contribution in [0.15, 0.2) is 18.2 Å². The van der Waals surface area contributed by atoms with Crippen LogP contribution >= 0.6 is 0 Å². The van der Waals surface area contributed by atoms with E-state index in [0.29, 0.717) is 6.61 Å². The minimum atomic E-state index is -0.195. The number of halogens is 1. The Morgan fingerprint density at radius 3 is 2.90 bits per heavy atom. The molecule has 4 nitrogen and oxygen atoms in total. The fourth-order valence-electron chi connectivity index (χ4n) is 3.16. The normalized spacial score (nSPS) is 23.0. The standard InChI is InChI=1S/C16H22FNO3/c17-13-1-2-16-12(9-13)10-15(21-16)11-18-5-3-14(4-6-18)20-8-7-19/h1-2,9,14-15,19H,3-8,10-11H2. The van der Waals surface area contributed by atoms with Gasteiger partial charge in [0.1, 0.15) is 17.7 Å². The van der Waals surface area contributed by atoms with Crippen molar-refractivity contribution in [1.82, 2.24) is 4.90 Å². The summed E-state index contributed by atoms with van der Waals surface area (Å²) in [4.78, 5) is 2.38. The third-order valence-electron chi connectivity index (χ3n) is 4.21. The molecule has 1 saturated heterocycles. The molecule has 2 aliphatic rings. The Kier molecular flexibility index (Phi) is 4.73. The summed E-state index contributed by atoms with van der Waals surface area (Å²) in [5.74, 6) is 0.627. The number of rotatable bonds is 5. The van der Waals surface area contributed by atoms with Crippen molar-refractivity contribution < 1.29 is 19.0 Å². The van der Waals surface area contributed by atoms with E-state index >= 15 is 0 Å². The molecule has 1 fully saturated rings. The van der Waals surface area contributed by atoms with Crippen molar-refractivity contribution >= 4 is 0 Å². The molecule has 1 atom stereocenters. The van der Waals surface area contributed by atoms with Crippen LogP contribution in [0.1, 0.15) is 18.4 Å². The largest absolute Gasteiger partial charge is 0.488 e. The zero-order chi connectivity index (χ0) is 14.7. The number of nitrogens with zero attached hydrogens (tertiary/aromatic N) is 1. The van der Waals surface area contributed by atoms with Crippen molar-refractivity contribution in [2.24, 2.45) is 0 Å². The second-order valence-electron chi connectivity index (χ2n) is 5.79. The molecule has 0 aliphatic carbocycles. The number of ether oxygens (including phenoxy) is 2. The lowest BCUT2D eigenvalue weighted by Gasteiger charge is -2.33. The topological polar surface area (TPSA) is 41.9 Å². The van der Waals surface area contributed by atoms with Gasteiger partial charge in [-0.2, -0.15) is 0 Å². The molecule has 0 radical (unpaired) electrons. The molecule has 1 N–H and O–H groups in total. The smallest absolute Gasteiger partial charge is 0.123 e. The van der Waals surface area contributed by atoms with E-state index in [2.05, 4.69) is 4.90 Å². The minimum absolute atomic E-state index is 0.0882. The van der Waals surface area contributed by atoms with Crippen LogP contribution in [0.4, 0.5) is 4.39 Å². The van der Waals surface area contributed by atoms with E-state index in [1.165, 1.54) is 6.07 Å². The van der Waals surface area contributed by atoms with Crippen LogP contribution in [0.25, 0.3) is 0 Å². The van der Waals surface area contributed by atoms with Gasteiger partial charge in [0.25, 0.3) is 0 Å². The molecular formula is C16H22FNO3. The Bertz CT molecular complexity index is 475. The number of aliphatic hydroxyl groups is 1. The Balaban J connectivity index is 1.45. The summed E-state index contributed by atoms with van der Waals surface area (Å²) < 4.78 is 24.6. The van der Waals surface area contributed by atoms with Gasteiger partial charge in [0, 0.05) is 31.6 Å². The maximum Gasteiger partial charge on any atom is 0.123 e. The van der Waals surface area contributed by atoms with Crippen LogP contribution in [-0.4, -0.2) is 55.1 Å². The van der Waals surface area contributed by atoms with E-state index in [1.54, 1.807) is 12.1 Å². The number of aliphatic hydroxyl groups excluding tert-OH is 1. The van der Waals surface area contributed by atoms with Crippen molar-refractivity contribution in [2.75, 3.05) is 32.8 Å². The molecule has 116 valence electrons. The van der Waals surface area contributed by atoms with Crippen LogP contribution in [0, 0.1) is 5.82 Å². The number of likely N-dealkylation sites (tertiary alicyclic amines) is 1. The molecule has 1 aromatic carbocycles. The fraction of sp³-hybridized carbons (Fsp3) is 0.625. The van der Waals surface area contributed by atoms with E-state index in [1.807, 2.05) is 0 Å². The van der Waals surface area contributed by atoms with Crippen LogP contribution in [0.5, 0.6) is 5.75 Å². The lowest BCUT2D eigenvalue weighted by Crippen LogP contribution is -2.42. The minimum Gasteiger partial charge on any atom is -0.488 e. The van der Waals surface area contributed by atoms with Crippen LogP contribution in [0.2, 0.25) is 0 Å². The zero-order valence-corrected chi connectivity index (χ0v) is 12.1. The van der Waals surface area contributed by atoms with Crippen LogP contribution in [0.3, 0.4) is 0 Å². The van der Waals surface area contributed by atoms with Crippen molar-refractivity contribution in [1.29, 1.82) is 0 Å². The lowest BCUT2D eigenvalue weighted by molar-refractivity contribution is -0.0123. The first-order chi connectivity index (χ1) is 10.2. The van der Waals surface area contributed by atoms with Gasteiger partial charge in [-0.15, -0.1) is 0 Å².